The third-order valence-corrected chi connectivity index (χ3v) is 2.35. The minimum absolute atomic E-state index is 0. The van der Waals surface area contributed by atoms with E-state index in [0.29, 0.717) is 13.1 Å². The summed E-state index contributed by atoms with van der Waals surface area (Å²) in [7, 11) is 0. The summed E-state index contributed by atoms with van der Waals surface area (Å²) in [6, 6.07) is 3.85. The van der Waals surface area contributed by atoms with Gasteiger partial charge in [-0.3, -0.25) is 9.78 Å². The molecule has 0 aromatic carbocycles. The van der Waals surface area contributed by atoms with Gasteiger partial charge in [0.05, 0.1) is 12.2 Å². The fraction of sp³-hybridized carbons (Fsp3) is 0.455. The summed E-state index contributed by atoms with van der Waals surface area (Å²) in [6.45, 7) is 4.62. The Hall–Kier alpha value is -0.840. The zero-order chi connectivity index (χ0) is 11.3. The summed E-state index contributed by atoms with van der Waals surface area (Å²) < 4.78 is 0. The SMILES string of the molecule is Cc1cccnc1CNC(=O)C(C)CN.Cl.Cl. The van der Waals surface area contributed by atoms with Crippen LogP contribution in [-0.4, -0.2) is 17.4 Å². The van der Waals surface area contributed by atoms with E-state index in [0.717, 1.165) is 11.3 Å². The van der Waals surface area contributed by atoms with E-state index in [1.165, 1.54) is 0 Å². The molecule has 1 amide bonds. The summed E-state index contributed by atoms with van der Waals surface area (Å²) in [4.78, 5) is 15.6. The van der Waals surface area contributed by atoms with Gasteiger partial charge in [0, 0.05) is 18.7 Å². The molecule has 1 unspecified atom stereocenters. The number of halogens is 2. The molecule has 0 spiro atoms. The summed E-state index contributed by atoms with van der Waals surface area (Å²) in [5.74, 6) is -0.170. The maximum atomic E-state index is 11.4. The molecule has 0 saturated carbocycles. The number of nitrogens with one attached hydrogen (secondary N) is 1. The Kier molecular flexibility index (Phi) is 10.0. The van der Waals surface area contributed by atoms with Gasteiger partial charge >= 0.3 is 0 Å². The Bertz CT molecular complexity index is 347. The third kappa shape index (κ3) is 5.86. The van der Waals surface area contributed by atoms with E-state index in [1.54, 1.807) is 13.1 Å². The maximum Gasteiger partial charge on any atom is 0.224 e. The molecule has 0 aliphatic heterocycles. The van der Waals surface area contributed by atoms with Crippen molar-refractivity contribution in [3.8, 4) is 0 Å². The van der Waals surface area contributed by atoms with E-state index in [1.807, 2.05) is 19.1 Å². The zero-order valence-electron chi connectivity index (χ0n) is 9.97. The molecule has 17 heavy (non-hydrogen) atoms. The van der Waals surface area contributed by atoms with Crippen LogP contribution >= 0.6 is 24.8 Å². The van der Waals surface area contributed by atoms with Gasteiger partial charge in [0.2, 0.25) is 5.91 Å². The molecule has 1 aromatic rings. The van der Waals surface area contributed by atoms with Crippen LogP contribution in [-0.2, 0) is 11.3 Å². The van der Waals surface area contributed by atoms with Crippen molar-refractivity contribution >= 4 is 30.7 Å². The van der Waals surface area contributed by atoms with E-state index in [9.17, 15) is 4.79 Å². The lowest BCUT2D eigenvalue weighted by Crippen LogP contribution is -2.33. The number of carbonyl (C=O) groups excluding carboxylic acids is 1. The van der Waals surface area contributed by atoms with Crippen molar-refractivity contribution in [1.29, 1.82) is 0 Å². The number of aryl methyl sites for hydroxylation is 1. The first-order valence-corrected chi connectivity index (χ1v) is 5.03. The zero-order valence-corrected chi connectivity index (χ0v) is 11.6. The third-order valence-electron chi connectivity index (χ3n) is 2.35. The van der Waals surface area contributed by atoms with Gasteiger partial charge in [-0.25, -0.2) is 0 Å². The van der Waals surface area contributed by atoms with Crippen molar-refractivity contribution in [2.75, 3.05) is 6.54 Å². The van der Waals surface area contributed by atoms with Gasteiger partial charge < -0.3 is 11.1 Å². The van der Waals surface area contributed by atoms with E-state index in [-0.39, 0.29) is 36.6 Å². The van der Waals surface area contributed by atoms with Crippen molar-refractivity contribution in [2.24, 2.45) is 11.7 Å². The largest absolute Gasteiger partial charge is 0.350 e. The maximum absolute atomic E-state index is 11.4. The van der Waals surface area contributed by atoms with Crippen molar-refractivity contribution in [1.82, 2.24) is 10.3 Å². The predicted molar refractivity (Wildman–Crippen MR) is 73.5 cm³/mol. The lowest BCUT2D eigenvalue weighted by Gasteiger charge is -2.10. The molecule has 0 aliphatic carbocycles. The molecular formula is C11H19Cl2N3O. The molecule has 3 N–H and O–H groups in total. The molecule has 1 aromatic heterocycles. The van der Waals surface area contributed by atoms with Gasteiger partial charge in [-0.1, -0.05) is 13.0 Å². The molecule has 1 atom stereocenters. The number of hydrogen-bond acceptors (Lipinski definition) is 3. The normalized spacial score (nSPS) is 10.8. The highest BCUT2D eigenvalue weighted by Crippen LogP contribution is 2.02. The van der Waals surface area contributed by atoms with Crippen LogP contribution in [0.2, 0.25) is 0 Å². The van der Waals surface area contributed by atoms with Crippen LogP contribution in [0.15, 0.2) is 18.3 Å². The number of hydrogen-bond donors (Lipinski definition) is 2. The number of rotatable bonds is 4. The van der Waals surface area contributed by atoms with Gasteiger partial charge in [0.15, 0.2) is 0 Å². The number of nitrogens with zero attached hydrogens (tertiary/aromatic N) is 1. The summed E-state index contributed by atoms with van der Waals surface area (Å²) >= 11 is 0. The first-order valence-electron chi connectivity index (χ1n) is 5.03. The monoisotopic (exact) mass is 279 g/mol. The van der Waals surface area contributed by atoms with Crippen LogP contribution in [0, 0.1) is 12.8 Å². The fourth-order valence-corrected chi connectivity index (χ4v) is 1.16. The van der Waals surface area contributed by atoms with Gasteiger partial charge in [-0.2, -0.15) is 0 Å². The number of aromatic nitrogens is 1. The number of nitrogens with two attached hydrogens (primary N) is 1. The second kappa shape index (κ2) is 9.22. The highest BCUT2D eigenvalue weighted by atomic mass is 35.5. The van der Waals surface area contributed by atoms with Crippen molar-refractivity contribution < 1.29 is 4.79 Å². The molecule has 0 saturated heterocycles. The molecule has 1 heterocycles. The number of amides is 1. The van der Waals surface area contributed by atoms with Crippen LogP contribution in [0.4, 0.5) is 0 Å². The predicted octanol–water partition coefficient (Wildman–Crippen LogP) is 1.44. The van der Waals surface area contributed by atoms with Crippen LogP contribution in [0.5, 0.6) is 0 Å². The van der Waals surface area contributed by atoms with Gasteiger partial charge in [-0.15, -0.1) is 24.8 Å². The minimum Gasteiger partial charge on any atom is -0.350 e. The quantitative estimate of drug-likeness (QED) is 0.877. The lowest BCUT2D eigenvalue weighted by atomic mass is 10.1. The minimum atomic E-state index is -0.144. The van der Waals surface area contributed by atoms with Crippen molar-refractivity contribution in [3.05, 3.63) is 29.6 Å². The Morgan fingerprint density at radius 2 is 2.18 bits per heavy atom. The van der Waals surface area contributed by atoms with Gasteiger partial charge in [0.25, 0.3) is 0 Å². The number of pyridine rings is 1. The van der Waals surface area contributed by atoms with Crippen molar-refractivity contribution in [3.63, 3.8) is 0 Å². The Morgan fingerprint density at radius 3 is 2.71 bits per heavy atom. The molecule has 0 fully saturated rings. The molecule has 6 heteroatoms. The van der Waals surface area contributed by atoms with Gasteiger partial charge in [-0.05, 0) is 18.6 Å². The first-order chi connectivity index (χ1) is 7.15. The van der Waals surface area contributed by atoms with Crippen LogP contribution in [0.3, 0.4) is 0 Å². The van der Waals surface area contributed by atoms with E-state index >= 15 is 0 Å². The molecule has 0 aliphatic rings. The van der Waals surface area contributed by atoms with E-state index in [4.69, 9.17) is 5.73 Å². The summed E-state index contributed by atoms with van der Waals surface area (Å²) in [5, 5.41) is 2.81. The van der Waals surface area contributed by atoms with E-state index in [2.05, 4.69) is 10.3 Å². The highest BCUT2D eigenvalue weighted by molar-refractivity contribution is 5.85. The van der Waals surface area contributed by atoms with Crippen LogP contribution in [0.25, 0.3) is 0 Å². The molecule has 4 nitrogen and oxygen atoms in total. The standard InChI is InChI=1S/C11H17N3O.2ClH/c1-8-4-3-5-13-10(8)7-14-11(15)9(2)6-12;;/h3-5,9H,6-7,12H2,1-2H3,(H,14,15);2*1H. The highest BCUT2D eigenvalue weighted by Gasteiger charge is 2.10. The smallest absolute Gasteiger partial charge is 0.224 e. The Morgan fingerprint density at radius 1 is 1.53 bits per heavy atom. The van der Waals surface area contributed by atoms with Crippen LogP contribution < -0.4 is 11.1 Å². The average Bonchev–Trinajstić information content (AvgIpc) is 2.26. The average molecular weight is 280 g/mol. The lowest BCUT2D eigenvalue weighted by molar-refractivity contribution is -0.124. The summed E-state index contributed by atoms with van der Waals surface area (Å²) in [6.07, 6.45) is 1.72. The first kappa shape index (κ1) is 18.5. The molecular weight excluding hydrogens is 261 g/mol. The second-order valence-corrected chi connectivity index (χ2v) is 3.62. The Labute approximate surface area is 114 Å². The van der Waals surface area contributed by atoms with Gasteiger partial charge in [0.1, 0.15) is 0 Å². The Balaban J connectivity index is 0. The second-order valence-electron chi connectivity index (χ2n) is 3.62. The number of carbonyl (C=O) groups is 1. The topological polar surface area (TPSA) is 68.0 Å². The van der Waals surface area contributed by atoms with Crippen molar-refractivity contribution in [2.45, 2.75) is 20.4 Å². The summed E-state index contributed by atoms with van der Waals surface area (Å²) in [5.41, 5.74) is 7.38. The molecule has 0 bridgehead atoms. The fourth-order valence-electron chi connectivity index (χ4n) is 1.16. The van der Waals surface area contributed by atoms with E-state index < -0.39 is 0 Å². The molecule has 1 rings (SSSR count). The molecule has 98 valence electrons. The molecule has 0 radical (unpaired) electrons. The van der Waals surface area contributed by atoms with Crippen LogP contribution in [0.1, 0.15) is 18.2 Å².